The molecule has 76 valence electrons. The first-order valence-corrected chi connectivity index (χ1v) is 6.68. The van der Waals surface area contributed by atoms with Crippen molar-refractivity contribution in [2.45, 2.75) is 37.4 Å². The van der Waals surface area contributed by atoms with Crippen LogP contribution in [0.2, 0.25) is 0 Å². The van der Waals surface area contributed by atoms with Crippen molar-refractivity contribution in [1.29, 1.82) is 0 Å². The van der Waals surface area contributed by atoms with Crippen molar-refractivity contribution in [3.8, 4) is 0 Å². The number of esters is 1. The van der Waals surface area contributed by atoms with E-state index in [0.29, 0.717) is 4.58 Å². The average Bonchev–Trinajstić information content (AvgIpc) is 2.04. The molecule has 13 heavy (non-hydrogen) atoms. The standard InChI is InChI=1S/C9H16O2S2/c1-7(11-8(2)10)6-9-12-4-3-5-13-9/h7,9H,3-6H2,1-2H3. The normalized spacial score (nSPS) is 21.1. The monoisotopic (exact) mass is 220 g/mol. The zero-order chi connectivity index (χ0) is 9.68. The molecule has 0 aromatic heterocycles. The number of rotatable bonds is 3. The number of carbonyl (C=O) groups excluding carboxylic acids is 1. The minimum Gasteiger partial charge on any atom is -0.463 e. The lowest BCUT2D eigenvalue weighted by atomic mass is 10.3. The van der Waals surface area contributed by atoms with Crippen molar-refractivity contribution in [3.05, 3.63) is 0 Å². The van der Waals surface area contributed by atoms with Crippen molar-refractivity contribution in [1.82, 2.24) is 0 Å². The third-order valence-corrected chi connectivity index (χ3v) is 4.78. The topological polar surface area (TPSA) is 26.3 Å². The maximum Gasteiger partial charge on any atom is 0.302 e. The Labute approximate surface area is 88.2 Å². The van der Waals surface area contributed by atoms with Crippen molar-refractivity contribution >= 4 is 29.5 Å². The smallest absolute Gasteiger partial charge is 0.302 e. The maximum atomic E-state index is 10.7. The molecule has 1 aliphatic heterocycles. The number of ether oxygens (including phenoxy) is 1. The van der Waals surface area contributed by atoms with E-state index in [9.17, 15) is 4.79 Å². The summed E-state index contributed by atoms with van der Waals surface area (Å²) < 4.78 is 5.72. The number of thioether (sulfide) groups is 2. The second kappa shape index (κ2) is 5.81. The van der Waals surface area contributed by atoms with E-state index in [1.807, 2.05) is 30.4 Å². The lowest BCUT2D eigenvalue weighted by Crippen LogP contribution is -2.18. The van der Waals surface area contributed by atoms with E-state index in [4.69, 9.17) is 4.74 Å². The van der Waals surface area contributed by atoms with Crippen LogP contribution in [0.5, 0.6) is 0 Å². The van der Waals surface area contributed by atoms with Gasteiger partial charge in [-0.2, -0.15) is 0 Å². The molecule has 1 fully saturated rings. The van der Waals surface area contributed by atoms with Gasteiger partial charge in [-0.1, -0.05) is 0 Å². The SMILES string of the molecule is CC(=O)OC(C)CC1SCCCS1. The quantitative estimate of drug-likeness (QED) is 0.683. The van der Waals surface area contributed by atoms with Crippen LogP contribution in [0.15, 0.2) is 0 Å². The summed E-state index contributed by atoms with van der Waals surface area (Å²) in [5.41, 5.74) is 0. The summed E-state index contributed by atoms with van der Waals surface area (Å²) in [5.74, 6) is 2.34. The Morgan fingerprint density at radius 1 is 1.54 bits per heavy atom. The first kappa shape index (κ1) is 11.2. The zero-order valence-electron chi connectivity index (χ0n) is 8.12. The van der Waals surface area contributed by atoms with Crippen LogP contribution in [-0.2, 0) is 9.53 Å². The van der Waals surface area contributed by atoms with E-state index in [1.54, 1.807) is 0 Å². The highest BCUT2D eigenvalue weighted by molar-refractivity contribution is 8.17. The molecule has 0 aromatic rings. The van der Waals surface area contributed by atoms with E-state index in [2.05, 4.69) is 0 Å². The predicted octanol–water partition coefficient (Wildman–Crippen LogP) is 2.52. The molecule has 1 atom stereocenters. The molecular formula is C9H16O2S2. The molecule has 2 nitrogen and oxygen atoms in total. The Balaban J connectivity index is 2.18. The largest absolute Gasteiger partial charge is 0.463 e. The summed E-state index contributed by atoms with van der Waals surface area (Å²) in [4.78, 5) is 10.7. The molecule has 1 saturated heterocycles. The summed E-state index contributed by atoms with van der Waals surface area (Å²) in [6, 6.07) is 0. The first-order valence-electron chi connectivity index (χ1n) is 4.59. The van der Waals surface area contributed by atoms with Crippen molar-refractivity contribution in [3.63, 3.8) is 0 Å². The van der Waals surface area contributed by atoms with Gasteiger partial charge in [0.1, 0.15) is 6.10 Å². The molecule has 4 heteroatoms. The first-order chi connectivity index (χ1) is 6.18. The Morgan fingerprint density at radius 3 is 2.69 bits per heavy atom. The van der Waals surface area contributed by atoms with Gasteiger partial charge in [-0.25, -0.2) is 0 Å². The summed E-state index contributed by atoms with van der Waals surface area (Å²) in [6.45, 7) is 3.44. The van der Waals surface area contributed by atoms with Gasteiger partial charge in [0.2, 0.25) is 0 Å². The highest BCUT2D eigenvalue weighted by Gasteiger charge is 2.18. The van der Waals surface area contributed by atoms with E-state index < -0.39 is 0 Å². The van der Waals surface area contributed by atoms with Crippen LogP contribution in [0, 0.1) is 0 Å². The van der Waals surface area contributed by atoms with E-state index in [1.165, 1.54) is 24.9 Å². The molecule has 0 spiro atoms. The van der Waals surface area contributed by atoms with Crippen LogP contribution in [0.4, 0.5) is 0 Å². The third kappa shape index (κ3) is 4.81. The lowest BCUT2D eigenvalue weighted by molar-refractivity contribution is -0.145. The molecular weight excluding hydrogens is 204 g/mol. The summed E-state index contributed by atoms with van der Waals surface area (Å²) in [7, 11) is 0. The van der Waals surface area contributed by atoms with Gasteiger partial charge < -0.3 is 4.74 Å². The van der Waals surface area contributed by atoms with E-state index in [0.717, 1.165) is 6.42 Å². The molecule has 0 aliphatic carbocycles. The highest BCUT2D eigenvalue weighted by atomic mass is 32.2. The number of carbonyl (C=O) groups is 1. The Bertz CT molecular complexity index is 167. The van der Waals surface area contributed by atoms with Crippen molar-refractivity contribution in [2.24, 2.45) is 0 Å². The fraction of sp³-hybridized carbons (Fsp3) is 0.889. The molecule has 1 aliphatic rings. The molecule has 0 bridgehead atoms. The van der Waals surface area contributed by atoms with Crippen LogP contribution in [-0.4, -0.2) is 28.2 Å². The van der Waals surface area contributed by atoms with Gasteiger partial charge in [0.15, 0.2) is 0 Å². The molecule has 0 saturated carbocycles. The van der Waals surface area contributed by atoms with Crippen LogP contribution in [0.25, 0.3) is 0 Å². The van der Waals surface area contributed by atoms with Crippen LogP contribution < -0.4 is 0 Å². The van der Waals surface area contributed by atoms with Gasteiger partial charge in [-0.05, 0) is 24.9 Å². The number of hydrogen-bond acceptors (Lipinski definition) is 4. The average molecular weight is 220 g/mol. The zero-order valence-corrected chi connectivity index (χ0v) is 9.75. The molecule has 0 amide bonds. The number of hydrogen-bond donors (Lipinski definition) is 0. The second-order valence-corrected chi connectivity index (χ2v) is 6.10. The minimum atomic E-state index is -0.168. The summed E-state index contributed by atoms with van der Waals surface area (Å²) >= 11 is 3.98. The minimum absolute atomic E-state index is 0.0700. The Morgan fingerprint density at radius 2 is 2.15 bits per heavy atom. The third-order valence-electron chi connectivity index (χ3n) is 1.79. The second-order valence-electron chi connectivity index (χ2n) is 3.18. The molecule has 0 radical (unpaired) electrons. The Hall–Kier alpha value is 0.170. The van der Waals surface area contributed by atoms with Gasteiger partial charge >= 0.3 is 5.97 Å². The van der Waals surface area contributed by atoms with Crippen molar-refractivity contribution < 1.29 is 9.53 Å². The highest BCUT2D eigenvalue weighted by Crippen LogP contribution is 2.33. The van der Waals surface area contributed by atoms with E-state index in [-0.39, 0.29) is 12.1 Å². The van der Waals surface area contributed by atoms with Crippen LogP contribution >= 0.6 is 23.5 Å². The van der Waals surface area contributed by atoms with Gasteiger partial charge in [0.05, 0.1) is 4.58 Å². The van der Waals surface area contributed by atoms with Gasteiger partial charge in [0.25, 0.3) is 0 Å². The fourth-order valence-electron chi connectivity index (χ4n) is 1.28. The lowest BCUT2D eigenvalue weighted by Gasteiger charge is -2.23. The Kier molecular flexibility index (Phi) is 5.02. The fourth-order valence-corrected chi connectivity index (χ4v) is 4.38. The maximum absolute atomic E-state index is 10.7. The predicted molar refractivity (Wildman–Crippen MR) is 59.2 cm³/mol. The van der Waals surface area contributed by atoms with Gasteiger partial charge in [0, 0.05) is 13.3 Å². The van der Waals surface area contributed by atoms with Crippen molar-refractivity contribution in [2.75, 3.05) is 11.5 Å². The van der Waals surface area contributed by atoms with Gasteiger partial charge in [-0.3, -0.25) is 4.79 Å². The molecule has 1 heterocycles. The summed E-state index contributed by atoms with van der Waals surface area (Å²) in [6.07, 6.45) is 2.36. The van der Waals surface area contributed by atoms with E-state index >= 15 is 0 Å². The van der Waals surface area contributed by atoms with Crippen LogP contribution in [0.3, 0.4) is 0 Å². The van der Waals surface area contributed by atoms with Crippen LogP contribution in [0.1, 0.15) is 26.7 Å². The molecule has 0 aromatic carbocycles. The van der Waals surface area contributed by atoms with Gasteiger partial charge in [-0.15, -0.1) is 23.5 Å². The molecule has 0 N–H and O–H groups in total. The summed E-state index contributed by atoms with van der Waals surface area (Å²) in [5, 5.41) is 0. The molecule has 1 unspecified atom stereocenters. The molecule has 1 rings (SSSR count).